The third kappa shape index (κ3) is 4.14. The first-order valence-corrected chi connectivity index (χ1v) is 7.36. The van der Waals surface area contributed by atoms with Gasteiger partial charge in [-0.3, -0.25) is 0 Å². The van der Waals surface area contributed by atoms with Crippen LogP contribution in [0.15, 0.2) is 42.7 Å². The molecule has 0 aliphatic heterocycles. The summed E-state index contributed by atoms with van der Waals surface area (Å²) in [5.41, 5.74) is -1.40. The highest BCUT2D eigenvalue weighted by atomic mass is 16.5. The van der Waals surface area contributed by atoms with E-state index in [1.807, 2.05) is 0 Å². The van der Waals surface area contributed by atoms with Crippen LogP contribution in [0.2, 0.25) is 0 Å². The molecule has 4 atom stereocenters. The Morgan fingerprint density at radius 3 is 2.46 bits per heavy atom. The van der Waals surface area contributed by atoms with Gasteiger partial charge in [0, 0.05) is 12.8 Å². The van der Waals surface area contributed by atoms with Gasteiger partial charge >= 0.3 is 5.97 Å². The molecule has 7 heteroatoms. The van der Waals surface area contributed by atoms with Crippen molar-refractivity contribution in [3.63, 3.8) is 0 Å². The zero-order valence-corrected chi connectivity index (χ0v) is 12.9. The Kier molecular flexibility index (Phi) is 5.28. The number of ether oxygens (including phenoxy) is 1. The number of carbonyl (C=O) groups is 1. The Morgan fingerprint density at radius 2 is 1.88 bits per heavy atom. The lowest BCUT2D eigenvalue weighted by molar-refractivity contribution is -0.188. The van der Waals surface area contributed by atoms with Crippen LogP contribution in [0.5, 0.6) is 5.75 Å². The minimum absolute atomic E-state index is 0.133. The standard InChI is InChI=1S/C17H20O7/c1-10(2-3-11-4-6-12(18)7-5-11)24-14-9-17(23,16(21)22)8-13(19)15(14)20/h2-7,13-15,18-20,23H,1,8-9H2,(H,21,22)/b3-2+. The van der Waals surface area contributed by atoms with Crippen LogP contribution >= 0.6 is 0 Å². The number of benzene rings is 1. The van der Waals surface area contributed by atoms with Gasteiger partial charge in [0.05, 0.1) is 6.10 Å². The van der Waals surface area contributed by atoms with Gasteiger partial charge in [0.1, 0.15) is 23.7 Å². The number of carboxylic acid groups (broad SMARTS) is 1. The summed E-state index contributed by atoms with van der Waals surface area (Å²) in [5, 5.41) is 48.0. The van der Waals surface area contributed by atoms with Crippen LogP contribution in [0, 0.1) is 0 Å². The fraction of sp³-hybridized carbons (Fsp3) is 0.353. The Bertz CT molecular complexity index is 637. The van der Waals surface area contributed by atoms with E-state index in [1.54, 1.807) is 18.2 Å². The Hall–Kier alpha value is -2.35. The predicted molar refractivity (Wildman–Crippen MR) is 85.0 cm³/mol. The molecule has 1 aliphatic carbocycles. The molecule has 0 saturated heterocycles. The van der Waals surface area contributed by atoms with E-state index in [0.29, 0.717) is 0 Å². The molecule has 5 N–H and O–H groups in total. The van der Waals surface area contributed by atoms with Crippen molar-refractivity contribution in [1.29, 1.82) is 0 Å². The largest absolute Gasteiger partial charge is 0.508 e. The highest BCUT2D eigenvalue weighted by Crippen LogP contribution is 2.32. The van der Waals surface area contributed by atoms with Crippen LogP contribution in [0.4, 0.5) is 0 Å². The van der Waals surface area contributed by atoms with Crippen molar-refractivity contribution in [2.45, 2.75) is 36.8 Å². The number of carboxylic acids is 1. The van der Waals surface area contributed by atoms with Gasteiger partial charge in [0.25, 0.3) is 0 Å². The van der Waals surface area contributed by atoms with Crippen LogP contribution in [0.1, 0.15) is 18.4 Å². The van der Waals surface area contributed by atoms with Gasteiger partial charge in [-0.05, 0) is 23.8 Å². The molecule has 1 fully saturated rings. The summed E-state index contributed by atoms with van der Waals surface area (Å²) in [4.78, 5) is 11.1. The highest BCUT2D eigenvalue weighted by Gasteiger charge is 2.50. The van der Waals surface area contributed by atoms with Crippen LogP contribution in [-0.2, 0) is 9.53 Å². The van der Waals surface area contributed by atoms with Gasteiger partial charge in [-0.15, -0.1) is 0 Å². The molecule has 1 aliphatic rings. The summed E-state index contributed by atoms with van der Waals surface area (Å²) in [6.07, 6.45) is -1.54. The van der Waals surface area contributed by atoms with Crippen molar-refractivity contribution >= 4 is 12.0 Å². The molecule has 1 aromatic carbocycles. The van der Waals surface area contributed by atoms with E-state index in [-0.39, 0.29) is 17.9 Å². The molecule has 0 heterocycles. The van der Waals surface area contributed by atoms with E-state index in [4.69, 9.17) is 9.84 Å². The molecule has 0 bridgehead atoms. The molecular formula is C17H20O7. The van der Waals surface area contributed by atoms with Gasteiger partial charge in [0.2, 0.25) is 0 Å². The van der Waals surface area contributed by atoms with Gasteiger partial charge in [-0.2, -0.15) is 0 Å². The van der Waals surface area contributed by atoms with Gasteiger partial charge in [-0.25, -0.2) is 4.79 Å². The molecule has 0 radical (unpaired) electrons. The van der Waals surface area contributed by atoms with Crippen molar-refractivity contribution < 1.29 is 35.1 Å². The average molecular weight is 336 g/mol. The number of aliphatic hydroxyl groups is 3. The normalized spacial score (nSPS) is 30.2. The molecule has 1 saturated carbocycles. The molecule has 1 aromatic rings. The summed E-state index contributed by atoms with van der Waals surface area (Å²) in [6, 6.07) is 6.36. The molecule has 0 spiro atoms. The quantitative estimate of drug-likeness (QED) is 0.394. The number of phenols is 1. The van der Waals surface area contributed by atoms with E-state index in [1.165, 1.54) is 18.2 Å². The third-order valence-electron chi connectivity index (χ3n) is 3.92. The smallest absolute Gasteiger partial charge is 0.335 e. The summed E-state index contributed by atoms with van der Waals surface area (Å²) < 4.78 is 5.40. The summed E-state index contributed by atoms with van der Waals surface area (Å²) in [6.45, 7) is 3.65. The van der Waals surface area contributed by atoms with Crippen LogP contribution in [0.25, 0.3) is 6.08 Å². The molecule has 130 valence electrons. The fourth-order valence-electron chi connectivity index (χ4n) is 2.55. The first kappa shape index (κ1) is 18.0. The summed E-state index contributed by atoms with van der Waals surface area (Å²) >= 11 is 0. The maximum absolute atomic E-state index is 11.1. The second-order valence-electron chi connectivity index (χ2n) is 5.85. The Balaban J connectivity index is 2.03. The van der Waals surface area contributed by atoms with E-state index in [2.05, 4.69) is 6.58 Å². The van der Waals surface area contributed by atoms with Crippen molar-refractivity contribution in [1.82, 2.24) is 0 Å². The van der Waals surface area contributed by atoms with Crippen LogP contribution in [-0.4, -0.2) is 55.4 Å². The summed E-state index contributed by atoms with van der Waals surface area (Å²) in [5.74, 6) is -1.21. The number of phenolic OH excluding ortho intramolecular Hbond substituents is 1. The second kappa shape index (κ2) is 7.04. The van der Waals surface area contributed by atoms with Crippen LogP contribution < -0.4 is 0 Å². The number of allylic oxidation sites excluding steroid dienone is 1. The maximum atomic E-state index is 11.1. The first-order valence-electron chi connectivity index (χ1n) is 7.36. The second-order valence-corrected chi connectivity index (χ2v) is 5.85. The van der Waals surface area contributed by atoms with E-state index < -0.39 is 36.3 Å². The number of rotatable bonds is 5. The van der Waals surface area contributed by atoms with E-state index in [9.17, 15) is 25.2 Å². The lowest BCUT2D eigenvalue weighted by Crippen LogP contribution is -2.56. The predicted octanol–water partition coefficient (Wildman–Crippen LogP) is 0.636. The molecule has 7 nitrogen and oxygen atoms in total. The molecule has 24 heavy (non-hydrogen) atoms. The zero-order valence-electron chi connectivity index (χ0n) is 12.9. The monoisotopic (exact) mass is 336 g/mol. The molecule has 0 amide bonds. The van der Waals surface area contributed by atoms with E-state index >= 15 is 0 Å². The minimum atomic E-state index is -2.16. The number of aliphatic carboxylic acids is 1. The molecule has 4 unspecified atom stereocenters. The number of hydrogen-bond acceptors (Lipinski definition) is 6. The van der Waals surface area contributed by atoms with Crippen molar-refractivity contribution in [2.24, 2.45) is 0 Å². The topological polar surface area (TPSA) is 127 Å². The SMILES string of the molecule is C=C(/C=C/c1ccc(O)cc1)OC1CC(O)(C(=O)O)CC(O)C1O. The molecular weight excluding hydrogens is 316 g/mol. The Morgan fingerprint density at radius 1 is 1.25 bits per heavy atom. The van der Waals surface area contributed by atoms with Gasteiger partial charge in [-0.1, -0.05) is 24.8 Å². The lowest BCUT2D eigenvalue weighted by atomic mass is 9.79. The van der Waals surface area contributed by atoms with Crippen molar-refractivity contribution in [3.05, 3.63) is 48.2 Å². The fourth-order valence-corrected chi connectivity index (χ4v) is 2.55. The number of aromatic hydroxyl groups is 1. The minimum Gasteiger partial charge on any atom is -0.508 e. The van der Waals surface area contributed by atoms with Gasteiger partial charge in [0.15, 0.2) is 5.60 Å². The molecule has 0 aromatic heterocycles. The van der Waals surface area contributed by atoms with Crippen LogP contribution in [0.3, 0.4) is 0 Å². The third-order valence-corrected chi connectivity index (χ3v) is 3.92. The first-order chi connectivity index (χ1) is 11.2. The van der Waals surface area contributed by atoms with Crippen molar-refractivity contribution in [2.75, 3.05) is 0 Å². The van der Waals surface area contributed by atoms with Crippen molar-refractivity contribution in [3.8, 4) is 5.75 Å². The lowest BCUT2D eigenvalue weighted by Gasteiger charge is -2.39. The average Bonchev–Trinajstić information content (AvgIpc) is 2.51. The van der Waals surface area contributed by atoms with Gasteiger partial charge < -0.3 is 30.3 Å². The number of aliphatic hydroxyl groups excluding tert-OH is 2. The molecule has 2 rings (SSSR count). The highest BCUT2D eigenvalue weighted by molar-refractivity contribution is 5.77. The Labute approximate surface area is 138 Å². The zero-order chi connectivity index (χ0) is 17.9. The number of hydrogen-bond donors (Lipinski definition) is 5. The van der Waals surface area contributed by atoms with E-state index in [0.717, 1.165) is 5.56 Å². The maximum Gasteiger partial charge on any atom is 0.335 e. The summed E-state index contributed by atoms with van der Waals surface area (Å²) in [7, 11) is 0.